The van der Waals surface area contributed by atoms with E-state index in [9.17, 15) is 4.79 Å². The number of amides is 1. The smallest absolute Gasteiger partial charge is 0.254 e. The fourth-order valence-electron chi connectivity index (χ4n) is 3.41. The average molecular weight is 358 g/mol. The van der Waals surface area contributed by atoms with Crippen LogP contribution < -0.4 is 10.2 Å². The van der Waals surface area contributed by atoms with E-state index in [0.29, 0.717) is 18.1 Å². The van der Waals surface area contributed by atoms with Gasteiger partial charge in [-0.2, -0.15) is 0 Å². The van der Waals surface area contributed by atoms with Gasteiger partial charge in [0.2, 0.25) is 5.95 Å². The summed E-state index contributed by atoms with van der Waals surface area (Å²) in [7, 11) is 0. The highest BCUT2D eigenvalue weighted by molar-refractivity contribution is 5.93. The molecule has 1 amide bonds. The summed E-state index contributed by atoms with van der Waals surface area (Å²) in [4.78, 5) is 23.4. The molecule has 5 nitrogen and oxygen atoms in total. The van der Waals surface area contributed by atoms with Crippen molar-refractivity contribution in [3.63, 3.8) is 0 Å². The van der Waals surface area contributed by atoms with Crippen LogP contribution >= 0.6 is 0 Å². The van der Waals surface area contributed by atoms with Gasteiger partial charge in [0.05, 0.1) is 5.56 Å². The molecule has 2 heterocycles. The topological polar surface area (TPSA) is 58.1 Å². The van der Waals surface area contributed by atoms with Crippen LogP contribution in [0.25, 0.3) is 0 Å². The molecule has 1 N–H and O–H groups in total. The first-order valence-corrected chi connectivity index (χ1v) is 9.22. The third-order valence-corrected chi connectivity index (χ3v) is 4.95. The maximum Gasteiger partial charge on any atom is 0.254 e. The summed E-state index contributed by atoms with van der Waals surface area (Å²) >= 11 is 0. The van der Waals surface area contributed by atoms with Gasteiger partial charge in [0.1, 0.15) is 0 Å². The summed E-state index contributed by atoms with van der Waals surface area (Å²) in [5.41, 5.74) is 5.20. The van der Waals surface area contributed by atoms with Crippen molar-refractivity contribution in [2.45, 2.75) is 26.3 Å². The van der Waals surface area contributed by atoms with Crippen molar-refractivity contribution >= 4 is 17.5 Å². The molecule has 0 radical (unpaired) electrons. The van der Waals surface area contributed by atoms with E-state index in [1.165, 1.54) is 5.56 Å². The summed E-state index contributed by atoms with van der Waals surface area (Å²) in [6.45, 7) is 3.42. The number of nitrogens with zero attached hydrogens (tertiary/aromatic N) is 3. The van der Waals surface area contributed by atoms with Crippen LogP contribution in [0, 0.1) is 6.92 Å². The van der Waals surface area contributed by atoms with Crippen molar-refractivity contribution in [2.75, 3.05) is 11.4 Å². The van der Waals surface area contributed by atoms with Gasteiger partial charge in [-0.3, -0.25) is 4.79 Å². The van der Waals surface area contributed by atoms with E-state index in [-0.39, 0.29) is 5.91 Å². The zero-order chi connectivity index (χ0) is 18.6. The van der Waals surface area contributed by atoms with Gasteiger partial charge in [0.15, 0.2) is 0 Å². The van der Waals surface area contributed by atoms with E-state index in [1.54, 1.807) is 12.4 Å². The van der Waals surface area contributed by atoms with Gasteiger partial charge in [0.25, 0.3) is 5.91 Å². The molecule has 1 aromatic heterocycles. The number of fused-ring (bicyclic) bond motifs is 1. The van der Waals surface area contributed by atoms with Crippen LogP contribution in [0.2, 0.25) is 0 Å². The quantitative estimate of drug-likeness (QED) is 0.771. The van der Waals surface area contributed by atoms with E-state index in [0.717, 1.165) is 36.2 Å². The summed E-state index contributed by atoms with van der Waals surface area (Å²) < 4.78 is 0. The molecule has 1 aliphatic heterocycles. The predicted molar refractivity (Wildman–Crippen MR) is 106 cm³/mol. The third kappa shape index (κ3) is 3.67. The maximum atomic E-state index is 12.4. The van der Waals surface area contributed by atoms with Crippen LogP contribution in [0.15, 0.2) is 60.9 Å². The number of anilines is 2. The Balaban J connectivity index is 1.46. The predicted octanol–water partition coefficient (Wildman–Crippen LogP) is 3.80. The summed E-state index contributed by atoms with van der Waals surface area (Å²) in [5, 5.41) is 2.94. The first kappa shape index (κ1) is 17.2. The average Bonchev–Trinajstić information content (AvgIpc) is 2.73. The number of para-hydroxylation sites is 1. The zero-order valence-electron chi connectivity index (χ0n) is 15.4. The Morgan fingerprint density at radius 2 is 1.81 bits per heavy atom. The van der Waals surface area contributed by atoms with Gasteiger partial charge in [0, 0.05) is 31.2 Å². The van der Waals surface area contributed by atoms with Gasteiger partial charge in [-0.25, -0.2) is 9.97 Å². The molecule has 0 fully saturated rings. The van der Waals surface area contributed by atoms with Crippen LogP contribution in [0.4, 0.5) is 11.6 Å². The van der Waals surface area contributed by atoms with Crippen LogP contribution in [0.5, 0.6) is 0 Å². The second kappa shape index (κ2) is 7.58. The van der Waals surface area contributed by atoms with Crippen LogP contribution in [-0.4, -0.2) is 22.4 Å². The molecule has 5 heteroatoms. The van der Waals surface area contributed by atoms with Crippen LogP contribution in [0.3, 0.4) is 0 Å². The highest BCUT2D eigenvalue weighted by atomic mass is 16.1. The third-order valence-electron chi connectivity index (χ3n) is 4.95. The Labute approximate surface area is 159 Å². The van der Waals surface area contributed by atoms with Gasteiger partial charge in [-0.05, 0) is 42.5 Å². The first-order valence-electron chi connectivity index (χ1n) is 9.22. The number of hydrogen-bond acceptors (Lipinski definition) is 4. The minimum atomic E-state index is -0.163. The lowest BCUT2D eigenvalue weighted by atomic mass is 10.0. The van der Waals surface area contributed by atoms with Gasteiger partial charge in [-0.1, -0.05) is 42.5 Å². The molecule has 1 aliphatic rings. The molecular formula is C22H22N4O. The van der Waals surface area contributed by atoms with Gasteiger partial charge < -0.3 is 10.2 Å². The number of rotatable bonds is 4. The largest absolute Gasteiger partial charge is 0.348 e. The first-order chi connectivity index (χ1) is 13.2. The Morgan fingerprint density at radius 3 is 2.63 bits per heavy atom. The molecule has 0 aliphatic carbocycles. The molecule has 0 spiro atoms. The molecule has 2 aromatic carbocycles. The Kier molecular flexibility index (Phi) is 4.83. The number of carbonyl (C=O) groups excluding carboxylic acids is 1. The minimum absolute atomic E-state index is 0.163. The van der Waals surface area contributed by atoms with Crippen molar-refractivity contribution in [1.82, 2.24) is 15.3 Å². The Hall–Kier alpha value is -3.21. The van der Waals surface area contributed by atoms with E-state index in [2.05, 4.69) is 38.4 Å². The number of carbonyl (C=O) groups is 1. The summed E-state index contributed by atoms with van der Waals surface area (Å²) in [6, 6.07) is 16.4. The summed E-state index contributed by atoms with van der Waals surface area (Å²) in [5.74, 6) is 0.474. The minimum Gasteiger partial charge on any atom is -0.348 e. The molecule has 0 atom stereocenters. The molecule has 0 bridgehead atoms. The highest BCUT2D eigenvalue weighted by Crippen LogP contribution is 2.30. The van der Waals surface area contributed by atoms with Gasteiger partial charge in [-0.15, -0.1) is 0 Å². The second-order valence-corrected chi connectivity index (χ2v) is 6.76. The fraction of sp³-hybridized carbons (Fsp3) is 0.227. The van der Waals surface area contributed by atoms with Crippen molar-refractivity contribution in [3.05, 3.63) is 83.2 Å². The number of aryl methyl sites for hydroxylation is 2. The molecule has 4 rings (SSSR count). The normalized spacial score (nSPS) is 13.1. The lowest BCUT2D eigenvalue weighted by Gasteiger charge is -2.29. The molecule has 27 heavy (non-hydrogen) atoms. The van der Waals surface area contributed by atoms with Gasteiger partial charge >= 0.3 is 0 Å². The van der Waals surface area contributed by atoms with Crippen LogP contribution in [0.1, 0.15) is 33.5 Å². The molecule has 0 saturated heterocycles. The van der Waals surface area contributed by atoms with E-state index in [4.69, 9.17) is 0 Å². The van der Waals surface area contributed by atoms with Crippen molar-refractivity contribution < 1.29 is 4.79 Å². The molecular weight excluding hydrogens is 336 g/mol. The molecule has 3 aromatic rings. The molecule has 136 valence electrons. The van der Waals surface area contributed by atoms with Crippen molar-refractivity contribution in [2.24, 2.45) is 0 Å². The maximum absolute atomic E-state index is 12.4. The van der Waals surface area contributed by atoms with Crippen LogP contribution in [-0.2, 0) is 13.0 Å². The van der Waals surface area contributed by atoms with Crippen molar-refractivity contribution in [1.29, 1.82) is 0 Å². The number of benzene rings is 2. The number of nitrogens with one attached hydrogen (secondary N) is 1. The molecule has 0 saturated carbocycles. The Morgan fingerprint density at radius 1 is 1.07 bits per heavy atom. The van der Waals surface area contributed by atoms with E-state index < -0.39 is 0 Å². The standard InChI is InChI=1S/C22H22N4O/c1-16-7-2-3-9-18(16)13-23-21(27)19-14-24-22(25-15-19)26-12-6-10-17-8-4-5-11-20(17)26/h2-5,7-9,11,14-15H,6,10,12-13H2,1H3,(H,23,27). The monoisotopic (exact) mass is 358 g/mol. The van der Waals surface area contributed by atoms with Crippen molar-refractivity contribution in [3.8, 4) is 0 Å². The lowest BCUT2D eigenvalue weighted by molar-refractivity contribution is 0.0950. The fourth-order valence-corrected chi connectivity index (χ4v) is 3.41. The summed E-state index contributed by atoms with van der Waals surface area (Å²) in [6.07, 6.45) is 5.35. The Bertz CT molecular complexity index is 953. The number of hydrogen-bond donors (Lipinski definition) is 1. The van der Waals surface area contributed by atoms with E-state index >= 15 is 0 Å². The zero-order valence-corrected chi connectivity index (χ0v) is 15.4. The van der Waals surface area contributed by atoms with E-state index in [1.807, 2.05) is 37.3 Å². The lowest BCUT2D eigenvalue weighted by Crippen LogP contribution is -2.27. The second-order valence-electron chi connectivity index (χ2n) is 6.76. The molecule has 0 unspecified atom stereocenters. The SMILES string of the molecule is Cc1ccccc1CNC(=O)c1cnc(N2CCCc3ccccc32)nc1. The number of aromatic nitrogens is 2. The highest BCUT2D eigenvalue weighted by Gasteiger charge is 2.20.